The van der Waals surface area contributed by atoms with E-state index in [1.807, 2.05) is 0 Å². The van der Waals surface area contributed by atoms with Gasteiger partial charge in [-0.05, 0) is 49.4 Å². The highest BCUT2D eigenvalue weighted by Crippen LogP contribution is 2.29. The molecule has 5 heteroatoms. The summed E-state index contributed by atoms with van der Waals surface area (Å²) in [4.78, 5) is 0. The average molecular weight is 287 g/mol. The first-order valence-corrected chi connectivity index (χ1v) is 7.00. The maximum atomic E-state index is 12.4. The molecule has 0 radical (unpaired) electrons. The van der Waals surface area contributed by atoms with E-state index < -0.39 is 11.7 Å². The van der Waals surface area contributed by atoms with Crippen LogP contribution in [-0.4, -0.2) is 17.8 Å². The molecule has 1 aromatic rings. The van der Waals surface area contributed by atoms with E-state index in [4.69, 9.17) is 0 Å². The van der Waals surface area contributed by atoms with Gasteiger partial charge in [0.1, 0.15) is 0 Å². The summed E-state index contributed by atoms with van der Waals surface area (Å²) < 4.78 is 37.2. The number of aliphatic hydroxyl groups is 1. The molecule has 0 bridgehead atoms. The molecule has 0 aromatic heterocycles. The Morgan fingerprint density at radius 2 is 1.85 bits per heavy atom. The quantitative estimate of drug-likeness (QED) is 0.890. The maximum Gasteiger partial charge on any atom is 0.416 e. The Morgan fingerprint density at radius 1 is 1.15 bits per heavy atom. The lowest BCUT2D eigenvalue weighted by Crippen LogP contribution is -2.28. The van der Waals surface area contributed by atoms with E-state index in [-0.39, 0.29) is 6.10 Å². The lowest BCUT2D eigenvalue weighted by molar-refractivity contribution is -0.137. The molecule has 2 rings (SSSR count). The summed E-state index contributed by atoms with van der Waals surface area (Å²) in [5, 5.41) is 12.8. The third-order valence-corrected chi connectivity index (χ3v) is 3.80. The first-order valence-electron chi connectivity index (χ1n) is 7.00. The van der Waals surface area contributed by atoms with Crippen molar-refractivity contribution in [2.45, 2.75) is 44.5 Å². The largest absolute Gasteiger partial charge is 0.416 e. The molecule has 1 fully saturated rings. The number of aliphatic hydroxyl groups excluding tert-OH is 1. The normalized spacial score (nSPS) is 23.8. The number of halogens is 3. The van der Waals surface area contributed by atoms with Crippen molar-refractivity contribution >= 4 is 0 Å². The fraction of sp³-hybridized carbons (Fsp3) is 0.600. The number of rotatable bonds is 4. The van der Waals surface area contributed by atoms with Crippen LogP contribution in [0.25, 0.3) is 0 Å². The highest BCUT2D eigenvalue weighted by atomic mass is 19.4. The Labute approximate surface area is 117 Å². The minimum Gasteiger partial charge on any atom is -0.393 e. The van der Waals surface area contributed by atoms with Gasteiger partial charge in [0.2, 0.25) is 0 Å². The second-order valence-corrected chi connectivity index (χ2v) is 5.51. The first kappa shape index (κ1) is 15.3. The molecule has 0 spiro atoms. The molecule has 20 heavy (non-hydrogen) atoms. The maximum absolute atomic E-state index is 12.4. The van der Waals surface area contributed by atoms with E-state index >= 15 is 0 Å². The van der Waals surface area contributed by atoms with Crippen LogP contribution in [0, 0.1) is 5.92 Å². The monoisotopic (exact) mass is 287 g/mol. The Kier molecular flexibility index (Phi) is 5.05. The van der Waals surface area contributed by atoms with Crippen molar-refractivity contribution in [1.29, 1.82) is 0 Å². The van der Waals surface area contributed by atoms with Gasteiger partial charge in [-0.1, -0.05) is 18.6 Å². The van der Waals surface area contributed by atoms with Crippen molar-refractivity contribution in [3.63, 3.8) is 0 Å². The van der Waals surface area contributed by atoms with Gasteiger partial charge in [0.05, 0.1) is 11.7 Å². The van der Waals surface area contributed by atoms with Crippen LogP contribution in [0.1, 0.15) is 36.8 Å². The topological polar surface area (TPSA) is 32.3 Å². The highest BCUT2D eigenvalue weighted by Gasteiger charge is 2.29. The summed E-state index contributed by atoms with van der Waals surface area (Å²) in [6, 6.07) is 5.24. The highest BCUT2D eigenvalue weighted by molar-refractivity contribution is 5.24. The molecule has 112 valence electrons. The van der Waals surface area contributed by atoms with Crippen LogP contribution in [0.15, 0.2) is 24.3 Å². The Balaban J connectivity index is 1.77. The molecule has 0 aliphatic heterocycles. The smallest absolute Gasteiger partial charge is 0.393 e. The van der Waals surface area contributed by atoms with Gasteiger partial charge >= 0.3 is 6.18 Å². The van der Waals surface area contributed by atoms with Crippen LogP contribution in [0.3, 0.4) is 0 Å². The van der Waals surface area contributed by atoms with Crippen LogP contribution >= 0.6 is 0 Å². The predicted octanol–water partition coefficient (Wildman–Crippen LogP) is 3.35. The molecule has 0 heterocycles. The van der Waals surface area contributed by atoms with E-state index in [2.05, 4.69) is 5.32 Å². The van der Waals surface area contributed by atoms with Gasteiger partial charge in [0.25, 0.3) is 0 Å². The lowest BCUT2D eigenvalue weighted by atomic mass is 9.87. The van der Waals surface area contributed by atoms with Crippen molar-refractivity contribution in [1.82, 2.24) is 5.32 Å². The van der Waals surface area contributed by atoms with E-state index in [9.17, 15) is 18.3 Å². The zero-order valence-corrected chi connectivity index (χ0v) is 11.3. The summed E-state index contributed by atoms with van der Waals surface area (Å²) >= 11 is 0. The Hall–Kier alpha value is -1.07. The summed E-state index contributed by atoms with van der Waals surface area (Å²) in [6.07, 6.45) is -0.605. The first-order chi connectivity index (χ1) is 9.45. The second kappa shape index (κ2) is 6.59. The Bertz CT molecular complexity index is 416. The molecule has 0 saturated heterocycles. The van der Waals surface area contributed by atoms with Crippen LogP contribution in [0.5, 0.6) is 0 Å². The number of alkyl halides is 3. The minimum absolute atomic E-state index is 0.193. The molecule has 1 aromatic carbocycles. The van der Waals surface area contributed by atoms with Gasteiger partial charge in [-0.3, -0.25) is 0 Å². The van der Waals surface area contributed by atoms with E-state index in [0.29, 0.717) is 12.5 Å². The van der Waals surface area contributed by atoms with Gasteiger partial charge in [0.15, 0.2) is 0 Å². The van der Waals surface area contributed by atoms with Gasteiger partial charge in [-0.15, -0.1) is 0 Å². The third-order valence-electron chi connectivity index (χ3n) is 3.80. The van der Waals surface area contributed by atoms with Gasteiger partial charge in [-0.2, -0.15) is 13.2 Å². The van der Waals surface area contributed by atoms with Crippen molar-refractivity contribution in [2.24, 2.45) is 5.92 Å². The summed E-state index contributed by atoms with van der Waals surface area (Å²) in [5.41, 5.74) is 0.228. The van der Waals surface area contributed by atoms with Gasteiger partial charge in [-0.25, -0.2) is 0 Å². The van der Waals surface area contributed by atoms with Crippen LogP contribution in [0.4, 0.5) is 13.2 Å². The minimum atomic E-state index is -4.27. The number of benzene rings is 1. The molecular formula is C15H20F3NO. The van der Waals surface area contributed by atoms with E-state index in [1.54, 1.807) is 0 Å². The summed E-state index contributed by atoms with van der Waals surface area (Å²) in [7, 11) is 0. The van der Waals surface area contributed by atoms with Crippen LogP contribution < -0.4 is 5.32 Å². The van der Waals surface area contributed by atoms with Crippen molar-refractivity contribution < 1.29 is 18.3 Å². The average Bonchev–Trinajstić information content (AvgIpc) is 2.38. The molecule has 2 nitrogen and oxygen atoms in total. The van der Waals surface area contributed by atoms with Crippen molar-refractivity contribution in [3.8, 4) is 0 Å². The van der Waals surface area contributed by atoms with Gasteiger partial charge < -0.3 is 10.4 Å². The molecule has 2 N–H and O–H groups in total. The fourth-order valence-electron chi connectivity index (χ4n) is 2.68. The lowest BCUT2D eigenvalue weighted by Gasteiger charge is -2.26. The number of hydrogen-bond acceptors (Lipinski definition) is 2. The third kappa shape index (κ3) is 4.49. The predicted molar refractivity (Wildman–Crippen MR) is 71.1 cm³/mol. The molecule has 2 atom stereocenters. The van der Waals surface area contributed by atoms with E-state index in [1.165, 1.54) is 12.1 Å². The van der Waals surface area contributed by atoms with Crippen molar-refractivity contribution in [2.75, 3.05) is 6.54 Å². The Morgan fingerprint density at radius 3 is 2.45 bits per heavy atom. The molecule has 1 aliphatic rings. The molecule has 2 unspecified atom stereocenters. The molecular weight excluding hydrogens is 267 g/mol. The van der Waals surface area contributed by atoms with Gasteiger partial charge in [0, 0.05) is 6.54 Å². The van der Waals surface area contributed by atoms with Crippen molar-refractivity contribution in [3.05, 3.63) is 35.4 Å². The molecule has 0 amide bonds. The fourth-order valence-corrected chi connectivity index (χ4v) is 2.68. The van der Waals surface area contributed by atoms with Crippen LogP contribution in [0.2, 0.25) is 0 Å². The zero-order chi connectivity index (χ0) is 14.6. The second-order valence-electron chi connectivity index (χ2n) is 5.51. The summed E-state index contributed by atoms with van der Waals surface area (Å²) in [5.74, 6) is 0.466. The standard InChI is InChI=1S/C15H20F3NO/c16-15(17,18)13-6-4-11(5-7-13)9-19-10-12-2-1-3-14(20)8-12/h4-7,12,14,19-20H,1-3,8-10H2. The summed E-state index contributed by atoms with van der Waals surface area (Å²) in [6.45, 7) is 1.36. The zero-order valence-electron chi connectivity index (χ0n) is 11.3. The SMILES string of the molecule is OC1CCCC(CNCc2ccc(C(F)(F)F)cc2)C1. The molecule has 1 aliphatic carbocycles. The molecule has 1 saturated carbocycles. The number of nitrogens with one attached hydrogen (secondary N) is 1. The van der Waals surface area contributed by atoms with Crippen LogP contribution in [-0.2, 0) is 12.7 Å². The van der Waals surface area contributed by atoms with E-state index in [0.717, 1.165) is 49.9 Å². The number of hydrogen-bond donors (Lipinski definition) is 2.